The van der Waals surface area contributed by atoms with Gasteiger partial charge in [-0.05, 0) is 49.0 Å². The van der Waals surface area contributed by atoms with E-state index in [0.29, 0.717) is 65.2 Å². The minimum atomic E-state index is -0.206. The van der Waals surface area contributed by atoms with E-state index in [2.05, 4.69) is 4.98 Å². The van der Waals surface area contributed by atoms with Gasteiger partial charge in [0.05, 0.1) is 23.6 Å². The summed E-state index contributed by atoms with van der Waals surface area (Å²) in [7, 11) is 3.15. The Kier molecular flexibility index (Phi) is 6.09. The van der Waals surface area contributed by atoms with Crippen molar-refractivity contribution in [3.05, 3.63) is 68.7 Å². The molecule has 2 amide bonds. The average molecular weight is 453 g/mol. The number of rotatable bonds is 3. The van der Waals surface area contributed by atoms with Gasteiger partial charge in [-0.25, -0.2) is 0 Å². The first-order valence-corrected chi connectivity index (χ1v) is 10.8. The quantitative estimate of drug-likeness (QED) is 0.618. The number of H-pyrrole nitrogens is 1. The summed E-state index contributed by atoms with van der Waals surface area (Å²) in [6.07, 6.45) is 0.670. The number of methoxy groups -OCH3 is 1. The van der Waals surface area contributed by atoms with E-state index < -0.39 is 0 Å². The first-order chi connectivity index (χ1) is 15.4. The Hall–Kier alpha value is -3.46. The molecule has 0 aliphatic carbocycles. The summed E-state index contributed by atoms with van der Waals surface area (Å²) in [6, 6.07) is 12.1. The highest BCUT2D eigenvalue weighted by molar-refractivity contribution is 7.71. The molecule has 0 radical (unpaired) electrons. The lowest BCUT2D eigenvalue weighted by Gasteiger charge is -2.23. The van der Waals surface area contributed by atoms with E-state index >= 15 is 0 Å². The minimum Gasteiger partial charge on any atom is -0.496 e. The van der Waals surface area contributed by atoms with Crippen molar-refractivity contribution in [3.8, 4) is 5.75 Å². The molecular weight excluding hydrogens is 428 g/mol. The summed E-state index contributed by atoms with van der Waals surface area (Å²) in [5, 5.41) is 0.474. The van der Waals surface area contributed by atoms with Gasteiger partial charge in [-0.3, -0.25) is 19.0 Å². The third-order valence-electron chi connectivity index (χ3n) is 5.76. The Bertz CT molecular complexity index is 1310. The van der Waals surface area contributed by atoms with Crippen molar-refractivity contribution >= 4 is 34.9 Å². The molecule has 2 heterocycles. The normalized spacial score (nSPS) is 14.3. The molecule has 1 fully saturated rings. The van der Waals surface area contributed by atoms with Gasteiger partial charge < -0.3 is 19.5 Å². The van der Waals surface area contributed by atoms with E-state index in [-0.39, 0.29) is 17.4 Å². The lowest BCUT2D eigenvalue weighted by atomic mass is 10.1. The number of amides is 2. The van der Waals surface area contributed by atoms with E-state index in [0.717, 1.165) is 0 Å². The van der Waals surface area contributed by atoms with Crippen LogP contribution in [0.15, 0.2) is 47.3 Å². The van der Waals surface area contributed by atoms with Crippen LogP contribution in [0, 0.1) is 4.77 Å². The summed E-state index contributed by atoms with van der Waals surface area (Å²) in [5.41, 5.74) is 1.32. The lowest BCUT2D eigenvalue weighted by Crippen LogP contribution is -2.37. The molecular formula is C23H24N4O4S. The molecule has 0 saturated carbocycles. The second-order valence-corrected chi connectivity index (χ2v) is 8.08. The lowest BCUT2D eigenvalue weighted by molar-refractivity contribution is 0.0717. The van der Waals surface area contributed by atoms with Gasteiger partial charge >= 0.3 is 0 Å². The standard InChI is InChI=1S/C23H24N4O4S/c1-25-21(29)16-9-8-15(14-18(16)24-23(25)32)20(28)26-10-5-11-27(13-12-26)22(30)17-6-3-4-7-19(17)31-2/h3-4,6-9,14H,5,10-13H2,1-2H3,(H,24,32). The van der Waals surface area contributed by atoms with Crippen LogP contribution >= 0.6 is 12.2 Å². The van der Waals surface area contributed by atoms with Crippen LogP contribution in [0.4, 0.5) is 0 Å². The molecule has 1 N–H and O–H groups in total. The topological polar surface area (TPSA) is 87.6 Å². The van der Waals surface area contributed by atoms with Gasteiger partial charge in [0.25, 0.3) is 17.4 Å². The van der Waals surface area contributed by atoms with E-state index in [1.807, 2.05) is 12.1 Å². The smallest absolute Gasteiger partial charge is 0.261 e. The highest BCUT2D eigenvalue weighted by Crippen LogP contribution is 2.21. The van der Waals surface area contributed by atoms with E-state index in [1.54, 1.807) is 54.3 Å². The van der Waals surface area contributed by atoms with Crippen molar-refractivity contribution < 1.29 is 14.3 Å². The Labute approximate surface area is 190 Å². The predicted molar refractivity (Wildman–Crippen MR) is 124 cm³/mol. The van der Waals surface area contributed by atoms with Crippen LogP contribution in [0.25, 0.3) is 10.9 Å². The minimum absolute atomic E-state index is 0.106. The molecule has 1 aliphatic rings. The van der Waals surface area contributed by atoms with Crippen molar-refractivity contribution in [2.75, 3.05) is 33.3 Å². The van der Waals surface area contributed by atoms with Gasteiger partial charge in [0.1, 0.15) is 5.75 Å². The Morgan fingerprint density at radius 3 is 2.41 bits per heavy atom. The molecule has 1 aromatic heterocycles. The van der Waals surface area contributed by atoms with Crippen molar-refractivity contribution in [1.82, 2.24) is 19.4 Å². The van der Waals surface area contributed by atoms with Gasteiger partial charge in [-0.2, -0.15) is 0 Å². The number of carbonyl (C=O) groups excluding carboxylic acids is 2. The van der Waals surface area contributed by atoms with Gasteiger partial charge in [-0.1, -0.05) is 12.1 Å². The largest absolute Gasteiger partial charge is 0.496 e. The highest BCUT2D eigenvalue weighted by atomic mass is 32.1. The fraction of sp³-hybridized carbons (Fsp3) is 0.304. The third kappa shape index (κ3) is 4.03. The Balaban J connectivity index is 1.53. The van der Waals surface area contributed by atoms with E-state index in [1.165, 1.54) is 4.57 Å². The molecule has 0 unspecified atom stereocenters. The van der Waals surface area contributed by atoms with Gasteiger partial charge in [-0.15, -0.1) is 0 Å². The molecule has 32 heavy (non-hydrogen) atoms. The molecule has 0 atom stereocenters. The summed E-state index contributed by atoms with van der Waals surface area (Å²) in [4.78, 5) is 45.0. The van der Waals surface area contributed by atoms with Crippen molar-refractivity contribution in [1.29, 1.82) is 0 Å². The summed E-state index contributed by atoms with van der Waals surface area (Å²) < 4.78 is 6.98. The fourth-order valence-electron chi connectivity index (χ4n) is 3.94. The highest BCUT2D eigenvalue weighted by Gasteiger charge is 2.25. The summed E-state index contributed by atoms with van der Waals surface area (Å²) in [6.45, 7) is 1.95. The van der Waals surface area contributed by atoms with Crippen LogP contribution in [0.5, 0.6) is 5.75 Å². The number of carbonyl (C=O) groups is 2. The van der Waals surface area contributed by atoms with Crippen molar-refractivity contribution in [2.45, 2.75) is 6.42 Å². The molecule has 8 nitrogen and oxygen atoms in total. The Morgan fingerprint density at radius 2 is 1.69 bits per heavy atom. The van der Waals surface area contributed by atoms with Crippen LogP contribution in [0.2, 0.25) is 0 Å². The number of aromatic nitrogens is 2. The van der Waals surface area contributed by atoms with Crippen LogP contribution in [-0.4, -0.2) is 64.5 Å². The first-order valence-electron chi connectivity index (χ1n) is 10.4. The molecule has 3 aromatic rings. The molecule has 1 aliphatic heterocycles. The maximum Gasteiger partial charge on any atom is 0.261 e. The first kappa shape index (κ1) is 21.8. The number of benzene rings is 2. The van der Waals surface area contributed by atoms with Crippen LogP contribution < -0.4 is 10.3 Å². The third-order valence-corrected chi connectivity index (χ3v) is 6.13. The number of nitrogens with one attached hydrogen (secondary N) is 1. The molecule has 1 saturated heterocycles. The van der Waals surface area contributed by atoms with E-state index in [4.69, 9.17) is 17.0 Å². The number of aromatic amines is 1. The van der Waals surface area contributed by atoms with Crippen molar-refractivity contribution in [2.24, 2.45) is 7.05 Å². The SMILES string of the molecule is COc1ccccc1C(=O)N1CCCN(C(=O)c2ccc3c(=O)n(C)c(=S)[nH]c3c2)CC1. The molecule has 4 rings (SSSR count). The summed E-state index contributed by atoms with van der Waals surface area (Å²) >= 11 is 5.18. The number of nitrogens with zero attached hydrogens (tertiary/aromatic N) is 3. The number of ether oxygens (including phenoxy) is 1. The van der Waals surface area contributed by atoms with Crippen LogP contribution in [0.3, 0.4) is 0 Å². The van der Waals surface area contributed by atoms with Crippen molar-refractivity contribution in [3.63, 3.8) is 0 Å². The van der Waals surface area contributed by atoms with Crippen LogP contribution in [0.1, 0.15) is 27.1 Å². The van der Waals surface area contributed by atoms with E-state index in [9.17, 15) is 14.4 Å². The second kappa shape index (κ2) is 8.96. The molecule has 166 valence electrons. The van der Waals surface area contributed by atoms with Crippen LogP contribution in [-0.2, 0) is 7.05 Å². The van der Waals surface area contributed by atoms with Gasteiger partial charge in [0.15, 0.2) is 4.77 Å². The average Bonchev–Trinajstić information content (AvgIpc) is 3.07. The molecule has 0 spiro atoms. The number of hydrogen-bond acceptors (Lipinski definition) is 5. The molecule has 2 aromatic carbocycles. The maximum absolute atomic E-state index is 13.2. The number of fused-ring (bicyclic) bond motifs is 1. The second-order valence-electron chi connectivity index (χ2n) is 7.69. The number of para-hydroxylation sites is 1. The van der Waals surface area contributed by atoms with Gasteiger partial charge in [0, 0.05) is 38.8 Å². The van der Waals surface area contributed by atoms with Gasteiger partial charge in [0.2, 0.25) is 0 Å². The zero-order valence-electron chi connectivity index (χ0n) is 18.0. The molecule has 9 heteroatoms. The monoisotopic (exact) mass is 452 g/mol. The Morgan fingerprint density at radius 1 is 1.00 bits per heavy atom. The fourth-order valence-corrected chi connectivity index (χ4v) is 4.13. The maximum atomic E-state index is 13.2. The zero-order chi connectivity index (χ0) is 22.8. The molecule has 0 bridgehead atoms. The predicted octanol–water partition coefficient (Wildman–Crippen LogP) is 2.59. The zero-order valence-corrected chi connectivity index (χ0v) is 18.8. The summed E-state index contributed by atoms with van der Waals surface area (Å²) in [5.74, 6) is 0.290. The number of hydrogen-bond donors (Lipinski definition) is 1.